The van der Waals surface area contributed by atoms with Crippen molar-refractivity contribution < 1.29 is 26.2 Å². The second kappa shape index (κ2) is 10.9. The summed E-state index contributed by atoms with van der Waals surface area (Å²) in [5.41, 5.74) is 6.10. The molecule has 0 bridgehead atoms. The van der Waals surface area contributed by atoms with Gasteiger partial charge in [-0.3, -0.25) is 12.2 Å². The molecule has 4 aliphatic carbocycles. The fourth-order valence-corrected chi connectivity index (χ4v) is 4.84. The van der Waals surface area contributed by atoms with Gasteiger partial charge in [-0.2, -0.15) is 12.2 Å². The number of rotatable bonds is 2. The van der Waals surface area contributed by atoms with E-state index in [0.29, 0.717) is 0 Å². The molecule has 0 saturated heterocycles. The summed E-state index contributed by atoms with van der Waals surface area (Å²) < 4.78 is 0. The molecule has 1 heteroatoms. The van der Waals surface area contributed by atoms with E-state index in [2.05, 4.69) is 38.2 Å². The molecule has 0 atom stereocenters. The third-order valence-electron chi connectivity index (χ3n) is 6.28. The van der Waals surface area contributed by atoms with Gasteiger partial charge >= 0.3 is 26.2 Å². The van der Waals surface area contributed by atoms with E-state index in [1.54, 1.807) is 11.1 Å². The van der Waals surface area contributed by atoms with E-state index < -0.39 is 0 Å². The zero-order valence-corrected chi connectivity index (χ0v) is 18.8. The Bertz CT molecular complexity index is 484. The minimum Gasteiger partial charge on any atom is -0.269 e. The molecule has 0 nitrogen and oxygen atoms in total. The standard InChI is InChI=1S/2C12H17.Zr/c2*1-10-6-5-9-12(10)11-7-3-2-4-8-11;/h2*6,11H,2-5,7-8H2,1H3;/q2*-1;+2. The average molecular weight is 414 g/mol. The van der Waals surface area contributed by atoms with Crippen LogP contribution in [-0.4, -0.2) is 0 Å². The molecular weight excluding hydrogens is 379 g/mol. The summed E-state index contributed by atoms with van der Waals surface area (Å²) in [5, 5.41) is 0. The van der Waals surface area contributed by atoms with Gasteiger partial charge < -0.3 is 0 Å². The average Bonchev–Trinajstić information content (AvgIpc) is 3.25. The second-order valence-corrected chi connectivity index (χ2v) is 8.03. The first kappa shape index (κ1) is 21.1. The molecule has 134 valence electrons. The molecule has 0 radical (unpaired) electrons. The minimum absolute atomic E-state index is 0. The summed E-state index contributed by atoms with van der Waals surface area (Å²) in [6.07, 6.45) is 28.0. The zero-order valence-electron chi connectivity index (χ0n) is 16.3. The SMILES string of the molecule is CC1=CC[C-]=C1C1CCCCC1.CC1=CC[C-]=C1C1CCCCC1.[Zr+2]. The van der Waals surface area contributed by atoms with Crippen molar-refractivity contribution in [3.63, 3.8) is 0 Å². The van der Waals surface area contributed by atoms with E-state index >= 15 is 0 Å². The van der Waals surface area contributed by atoms with Gasteiger partial charge in [0.15, 0.2) is 0 Å². The quantitative estimate of drug-likeness (QED) is 0.417. The predicted molar refractivity (Wildman–Crippen MR) is 103 cm³/mol. The summed E-state index contributed by atoms with van der Waals surface area (Å²) in [5.74, 6) is 1.72. The Morgan fingerprint density at radius 2 is 1.00 bits per heavy atom. The van der Waals surface area contributed by atoms with Crippen LogP contribution in [0.1, 0.15) is 90.9 Å². The number of allylic oxidation sites excluding steroid dienone is 8. The van der Waals surface area contributed by atoms with Crippen LogP contribution in [0.25, 0.3) is 0 Å². The molecule has 0 spiro atoms. The van der Waals surface area contributed by atoms with Gasteiger partial charge in [0.05, 0.1) is 0 Å². The number of hydrogen-bond donors (Lipinski definition) is 0. The third kappa shape index (κ3) is 5.92. The van der Waals surface area contributed by atoms with Crippen LogP contribution < -0.4 is 0 Å². The Labute approximate surface area is 175 Å². The maximum Gasteiger partial charge on any atom is 2.00 e. The summed E-state index contributed by atoms with van der Waals surface area (Å²) >= 11 is 0. The molecule has 0 heterocycles. The van der Waals surface area contributed by atoms with Crippen molar-refractivity contribution in [3.8, 4) is 0 Å². The molecule has 0 aromatic rings. The molecule has 4 aliphatic rings. The molecule has 2 fully saturated rings. The molecule has 0 aromatic heterocycles. The van der Waals surface area contributed by atoms with Crippen molar-refractivity contribution in [2.75, 3.05) is 0 Å². The molecule has 0 aromatic carbocycles. The van der Waals surface area contributed by atoms with Crippen molar-refractivity contribution in [2.45, 2.75) is 90.9 Å². The van der Waals surface area contributed by atoms with Gasteiger partial charge in [0, 0.05) is 0 Å². The van der Waals surface area contributed by atoms with Crippen molar-refractivity contribution in [2.24, 2.45) is 11.8 Å². The van der Waals surface area contributed by atoms with E-state index in [1.807, 2.05) is 0 Å². The normalized spacial score (nSPS) is 24.4. The minimum atomic E-state index is 0. The summed E-state index contributed by atoms with van der Waals surface area (Å²) in [6, 6.07) is 0. The Balaban J connectivity index is 0.000000173. The number of hydrogen-bond acceptors (Lipinski definition) is 0. The largest absolute Gasteiger partial charge is 2.00 e. The van der Waals surface area contributed by atoms with Crippen molar-refractivity contribution in [1.29, 1.82) is 0 Å². The molecule has 0 N–H and O–H groups in total. The van der Waals surface area contributed by atoms with E-state index in [4.69, 9.17) is 0 Å². The maximum atomic E-state index is 3.50. The monoisotopic (exact) mass is 412 g/mol. The third-order valence-corrected chi connectivity index (χ3v) is 6.28. The van der Waals surface area contributed by atoms with Gasteiger partial charge in [-0.1, -0.05) is 38.5 Å². The van der Waals surface area contributed by atoms with Crippen LogP contribution in [0.2, 0.25) is 0 Å². The maximum absolute atomic E-state index is 3.50. The molecule has 0 unspecified atom stereocenters. The van der Waals surface area contributed by atoms with Crippen molar-refractivity contribution >= 4 is 0 Å². The van der Waals surface area contributed by atoms with E-state index in [0.717, 1.165) is 24.7 Å². The Hall–Kier alpha value is -0.157. The van der Waals surface area contributed by atoms with Crippen LogP contribution in [0.3, 0.4) is 0 Å². The van der Waals surface area contributed by atoms with Gasteiger partial charge in [0.1, 0.15) is 0 Å². The first-order valence-electron chi connectivity index (χ1n) is 10.3. The molecule has 0 aliphatic heterocycles. The van der Waals surface area contributed by atoms with Crippen LogP contribution in [0.5, 0.6) is 0 Å². The summed E-state index contributed by atoms with van der Waals surface area (Å²) in [6.45, 7) is 4.48. The van der Waals surface area contributed by atoms with Gasteiger partial charge in [0.2, 0.25) is 0 Å². The second-order valence-electron chi connectivity index (χ2n) is 8.03. The molecule has 4 rings (SSSR count). The van der Waals surface area contributed by atoms with E-state index in [1.165, 1.54) is 75.4 Å². The Kier molecular flexibility index (Phi) is 9.19. The first-order chi connectivity index (χ1) is 11.8. The predicted octanol–water partition coefficient (Wildman–Crippen LogP) is 7.29. The van der Waals surface area contributed by atoms with Crippen LogP contribution in [0.4, 0.5) is 0 Å². The first-order valence-corrected chi connectivity index (χ1v) is 10.3. The van der Waals surface area contributed by atoms with E-state index in [9.17, 15) is 0 Å². The summed E-state index contributed by atoms with van der Waals surface area (Å²) in [4.78, 5) is 0. The molecule has 2 saturated carbocycles. The van der Waals surface area contributed by atoms with Crippen LogP contribution in [-0.2, 0) is 26.2 Å². The molecule has 0 amide bonds. The fourth-order valence-electron chi connectivity index (χ4n) is 4.84. The molecule has 25 heavy (non-hydrogen) atoms. The van der Waals surface area contributed by atoms with Crippen LogP contribution in [0, 0.1) is 24.0 Å². The Morgan fingerprint density at radius 1 is 0.640 bits per heavy atom. The smallest absolute Gasteiger partial charge is 0.269 e. The fraction of sp³-hybridized carbons (Fsp3) is 0.667. The van der Waals surface area contributed by atoms with Gasteiger partial charge in [-0.15, -0.1) is 26.7 Å². The Morgan fingerprint density at radius 3 is 1.28 bits per heavy atom. The summed E-state index contributed by atoms with van der Waals surface area (Å²) in [7, 11) is 0. The van der Waals surface area contributed by atoms with E-state index in [-0.39, 0.29) is 26.2 Å². The van der Waals surface area contributed by atoms with Gasteiger partial charge in [0.25, 0.3) is 0 Å². The van der Waals surface area contributed by atoms with Crippen LogP contribution in [0.15, 0.2) is 34.4 Å². The topological polar surface area (TPSA) is 0 Å². The van der Waals surface area contributed by atoms with Crippen molar-refractivity contribution in [1.82, 2.24) is 0 Å². The van der Waals surface area contributed by atoms with Crippen LogP contribution >= 0.6 is 0 Å². The van der Waals surface area contributed by atoms with Crippen molar-refractivity contribution in [3.05, 3.63) is 46.6 Å². The van der Waals surface area contributed by atoms with Gasteiger partial charge in [-0.25, -0.2) is 22.3 Å². The molecular formula is C24H34Zr. The zero-order chi connectivity index (χ0) is 16.8. The van der Waals surface area contributed by atoms with Gasteiger partial charge in [-0.05, 0) is 37.5 Å².